The molecule has 1 saturated carbocycles. The van der Waals surface area contributed by atoms with E-state index in [1.54, 1.807) is 0 Å². The number of unbranched alkanes of at least 4 members (excludes halogenated alkanes) is 1. The first-order valence-corrected chi connectivity index (χ1v) is 12.5. The highest BCUT2D eigenvalue weighted by Gasteiger charge is 2.28. The van der Waals surface area contributed by atoms with Gasteiger partial charge in [-0.05, 0) is 56.4 Å². The van der Waals surface area contributed by atoms with Crippen LogP contribution in [0.1, 0.15) is 43.9 Å². The van der Waals surface area contributed by atoms with Crippen molar-refractivity contribution in [2.45, 2.75) is 52.2 Å². The van der Waals surface area contributed by atoms with Crippen LogP contribution < -0.4 is 4.74 Å². The van der Waals surface area contributed by atoms with Crippen LogP contribution in [-0.4, -0.2) is 52.2 Å². The summed E-state index contributed by atoms with van der Waals surface area (Å²) >= 11 is 0. The second-order valence-electron chi connectivity index (χ2n) is 9.25. The minimum Gasteiger partial charge on any atom is -0.439 e. The molecular formula is C28H37N3O3. The molecule has 2 aromatic carbocycles. The van der Waals surface area contributed by atoms with Crippen molar-refractivity contribution in [1.82, 2.24) is 14.7 Å². The molecule has 1 aliphatic carbocycles. The molecule has 1 fully saturated rings. The maximum atomic E-state index is 10.7. The maximum Gasteiger partial charge on any atom is 0.227 e. The first-order valence-electron chi connectivity index (χ1n) is 12.5. The normalized spacial score (nSPS) is 14.5. The molecule has 0 bridgehead atoms. The van der Waals surface area contributed by atoms with Gasteiger partial charge in [-0.2, -0.15) is 5.10 Å². The first kappa shape index (κ1) is 24.5. The summed E-state index contributed by atoms with van der Waals surface area (Å²) in [6, 6.07) is 19.9. The van der Waals surface area contributed by atoms with Gasteiger partial charge in [-0.1, -0.05) is 49.7 Å². The minimum absolute atomic E-state index is 0.372. The lowest BCUT2D eigenvalue weighted by Gasteiger charge is -2.25. The Morgan fingerprint density at radius 3 is 2.47 bits per heavy atom. The summed E-state index contributed by atoms with van der Waals surface area (Å²) in [6.45, 7) is 7.46. The Morgan fingerprint density at radius 1 is 1.09 bits per heavy atom. The molecule has 182 valence electrons. The highest BCUT2D eigenvalue weighted by molar-refractivity contribution is 5.43. The van der Waals surface area contributed by atoms with Crippen molar-refractivity contribution in [2.24, 2.45) is 5.92 Å². The van der Waals surface area contributed by atoms with E-state index in [1.807, 2.05) is 72.3 Å². The SMILES string of the molecule is CCCCOC[C@@H](O)CN(Cc1c(C)nn(-c2ccccc2)c1Oc1ccccc1)CC1CC1. The maximum absolute atomic E-state index is 10.7. The molecule has 0 unspecified atom stereocenters. The van der Waals surface area contributed by atoms with Gasteiger partial charge in [0.25, 0.3) is 0 Å². The van der Waals surface area contributed by atoms with E-state index in [1.165, 1.54) is 12.8 Å². The van der Waals surface area contributed by atoms with Crippen molar-refractivity contribution in [3.05, 3.63) is 71.9 Å². The lowest BCUT2D eigenvalue weighted by Crippen LogP contribution is -2.36. The van der Waals surface area contributed by atoms with Crippen LogP contribution in [0.3, 0.4) is 0 Å². The van der Waals surface area contributed by atoms with Gasteiger partial charge in [0.2, 0.25) is 5.88 Å². The zero-order valence-electron chi connectivity index (χ0n) is 20.4. The molecule has 1 N–H and O–H groups in total. The largest absolute Gasteiger partial charge is 0.439 e. The smallest absolute Gasteiger partial charge is 0.227 e. The van der Waals surface area contributed by atoms with Crippen LogP contribution in [0.15, 0.2) is 60.7 Å². The van der Waals surface area contributed by atoms with E-state index >= 15 is 0 Å². The van der Waals surface area contributed by atoms with E-state index in [0.29, 0.717) is 32.2 Å². The Morgan fingerprint density at radius 2 is 1.79 bits per heavy atom. The van der Waals surface area contributed by atoms with Crippen LogP contribution in [0.5, 0.6) is 11.6 Å². The van der Waals surface area contributed by atoms with E-state index in [0.717, 1.165) is 48.0 Å². The predicted octanol–water partition coefficient (Wildman–Crippen LogP) is 5.36. The average molecular weight is 464 g/mol. The standard InChI is InChI=1S/C28H37N3O3/c1-3-4-17-33-21-25(32)19-30(18-23-15-16-23)20-27-22(2)29-31(24-11-7-5-8-12-24)28(27)34-26-13-9-6-10-14-26/h5-14,23,25,32H,3-4,15-21H2,1-2H3/t25-/m0/s1. The third kappa shape index (κ3) is 6.92. The summed E-state index contributed by atoms with van der Waals surface area (Å²) in [7, 11) is 0. The van der Waals surface area contributed by atoms with Crippen molar-refractivity contribution in [3.8, 4) is 17.3 Å². The summed E-state index contributed by atoms with van der Waals surface area (Å²) in [4.78, 5) is 2.34. The number of hydrogen-bond acceptors (Lipinski definition) is 5. The lowest BCUT2D eigenvalue weighted by molar-refractivity contribution is 0.0134. The Balaban J connectivity index is 1.57. The zero-order valence-corrected chi connectivity index (χ0v) is 20.4. The average Bonchev–Trinajstić information content (AvgIpc) is 3.62. The third-order valence-corrected chi connectivity index (χ3v) is 6.11. The summed E-state index contributed by atoms with van der Waals surface area (Å²) in [6.07, 6.45) is 4.12. The van der Waals surface area contributed by atoms with Gasteiger partial charge in [-0.15, -0.1) is 0 Å². The first-order chi connectivity index (χ1) is 16.6. The van der Waals surface area contributed by atoms with Gasteiger partial charge in [-0.25, -0.2) is 4.68 Å². The number of aliphatic hydroxyl groups is 1. The van der Waals surface area contributed by atoms with Crippen LogP contribution >= 0.6 is 0 Å². The number of aromatic nitrogens is 2. The van der Waals surface area contributed by atoms with E-state index in [9.17, 15) is 5.11 Å². The molecule has 4 rings (SSSR count). The van der Waals surface area contributed by atoms with Crippen molar-refractivity contribution >= 4 is 0 Å². The summed E-state index contributed by atoms with van der Waals surface area (Å²) in [5.74, 6) is 2.21. The van der Waals surface area contributed by atoms with Gasteiger partial charge in [0.05, 0.1) is 29.7 Å². The van der Waals surface area contributed by atoms with E-state index < -0.39 is 6.10 Å². The summed E-state index contributed by atoms with van der Waals surface area (Å²) in [5, 5.41) is 15.5. The molecular weight excluding hydrogens is 426 g/mol. The van der Waals surface area contributed by atoms with E-state index in [-0.39, 0.29) is 0 Å². The lowest BCUT2D eigenvalue weighted by atomic mass is 10.2. The van der Waals surface area contributed by atoms with Gasteiger partial charge in [0.1, 0.15) is 5.75 Å². The molecule has 0 spiro atoms. The number of nitrogens with zero attached hydrogens (tertiary/aromatic N) is 3. The molecule has 3 aromatic rings. The molecule has 6 nitrogen and oxygen atoms in total. The second kappa shape index (κ2) is 12.2. The Hall–Kier alpha value is -2.67. The van der Waals surface area contributed by atoms with Crippen molar-refractivity contribution in [2.75, 3.05) is 26.3 Å². The molecule has 6 heteroatoms. The number of rotatable bonds is 14. The molecule has 1 atom stereocenters. The van der Waals surface area contributed by atoms with Gasteiger partial charge in [-0.3, -0.25) is 4.90 Å². The topological polar surface area (TPSA) is 59.8 Å². The molecule has 34 heavy (non-hydrogen) atoms. The molecule has 0 saturated heterocycles. The van der Waals surface area contributed by atoms with Crippen LogP contribution in [0, 0.1) is 12.8 Å². The zero-order chi connectivity index (χ0) is 23.8. The molecule has 0 amide bonds. The number of hydrogen-bond donors (Lipinski definition) is 1. The highest BCUT2D eigenvalue weighted by atomic mass is 16.5. The van der Waals surface area contributed by atoms with Gasteiger partial charge in [0.15, 0.2) is 0 Å². The highest BCUT2D eigenvalue weighted by Crippen LogP contribution is 2.34. The Labute approximate surface area is 203 Å². The predicted molar refractivity (Wildman–Crippen MR) is 135 cm³/mol. The molecule has 1 aliphatic rings. The Bertz CT molecular complexity index is 1000. The second-order valence-corrected chi connectivity index (χ2v) is 9.25. The fourth-order valence-electron chi connectivity index (χ4n) is 4.08. The van der Waals surface area contributed by atoms with Crippen LogP contribution in [0.2, 0.25) is 0 Å². The fraction of sp³-hybridized carbons (Fsp3) is 0.464. The van der Waals surface area contributed by atoms with Crippen LogP contribution in [0.25, 0.3) is 5.69 Å². The number of aliphatic hydroxyl groups excluding tert-OH is 1. The molecule has 1 heterocycles. The van der Waals surface area contributed by atoms with Gasteiger partial charge < -0.3 is 14.6 Å². The van der Waals surface area contributed by atoms with Gasteiger partial charge >= 0.3 is 0 Å². The van der Waals surface area contributed by atoms with E-state index in [2.05, 4.69) is 11.8 Å². The summed E-state index contributed by atoms with van der Waals surface area (Å²) < 4.78 is 14.0. The molecule has 0 radical (unpaired) electrons. The summed E-state index contributed by atoms with van der Waals surface area (Å²) in [5.41, 5.74) is 2.94. The fourth-order valence-corrected chi connectivity index (χ4v) is 4.08. The number of para-hydroxylation sites is 2. The van der Waals surface area contributed by atoms with Crippen LogP contribution in [-0.2, 0) is 11.3 Å². The van der Waals surface area contributed by atoms with Crippen molar-refractivity contribution in [1.29, 1.82) is 0 Å². The van der Waals surface area contributed by atoms with Crippen molar-refractivity contribution < 1.29 is 14.6 Å². The quantitative estimate of drug-likeness (QED) is 0.326. The minimum atomic E-state index is -0.515. The number of ether oxygens (including phenoxy) is 2. The monoisotopic (exact) mass is 463 g/mol. The van der Waals surface area contributed by atoms with Crippen molar-refractivity contribution in [3.63, 3.8) is 0 Å². The number of benzene rings is 2. The van der Waals surface area contributed by atoms with Crippen LogP contribution in [0.4, 0.5) is 0 Å². The third-order valence-electron chi connectivity index (χ3n) is 6.11. The van der Waals surface area contributed by atoms with Gasteiger partial charge in [0, 0.05) is 26.2 Å². The molecule has 0 aliphatic heterocycles. The molecule has 1 aromatic heterocycles. The number of aryl methyl sites for hydroxylation is 1. The Kier molecular flexibility index (Phi) is 8.74. The van der Waals surface area contributed by atoms with E-state index in [4.69, 9.17) is 14.6 Å².